The molecule has 11 nitrogen and oxygen atoms in total. The minimum atomic E-state index is -4.39. The van der Waals surface area contributed by atoms with Crippen LogP contribution in [0.15, 0.2) is 78.2 Å². The van der Waals surface area contributed by atoms with Crippen molar-refractivity contribution >= 4 is 53.6 Å². The summed E-state index contributed by atoms with van der Waals surface area (Å²) in [5.41, 5.74) is 4.44. The molecule has 5 rings (SSSR count). The van der Waals surface area contributed by atoms with E-state index in [1.807, 2.05) is 89.2 Å². The van der Waals surface area contributed by atoms with Gasteiger partial charge in [0.2, 0.25) is 11.4 Å². The van der Waals surface area contributed by atoms with Gasteiger partial charge in [-0.2, -0.15) is 13.0 Å². The first-order chi connectivity index (χ1) is 22.8. The molecule has 1 aromatic heterocycles. The first-order valence-electron chi connectivity index (χ1n) is 15.4. The number of hydrogen-bond donors (Lipinski definition) is 1. The summed E-state index contributed by atoms with van der Waals surface area (Å²) >= 11 is 1.48. The van der Waals surface area contributed by atoms with Crippen LogP contribution in [-0.2, 0) is 26.8 Å². The Hall–Kier alpha value is -3.95. The van der Waals surface area contributed by atoms with Crippen molar-refractivity contribution in [1.29, 1.82) is 0 Å². The van der Waals surface area contributed by atoms with Gasteiger partial charge in [0.15, 0.2) is 23.8 Å². The maximum atomic E-state index is 11.9. The van der Waals surface area contributed by atoms with Crippen LogP contribution < -0.4 is 23.7 Å². The van der Waals surface area contributed by atoms with Crippen molar-refractivity contribution in [1.82, 2.24) is 0 Å². The number of aromatic nitrogens is 1. The average Bonchev–Trinajstić information content (AvgIpc) is 3.57. The van der Waals surface area contributed by atoms with Crippen molar-refractivity contribution in [3.05, 3.63) is 83.2 Å². The van der Waals surface area contributed by atoms with E-state index in [4.69, 9.17) is 14.2 Å². The number of benzene rings is 3. The van der Waals surface area contributed by atoms with E-state index in [1.165, 1.54) is 25.4 Å². The Bertz CT molecular complexity index is 2070. The zero-order valence-electron chi connectivity index (χ0n) is 27.1. The van der Waals surface area contributed by atoms with E-state index in [9.17, 15) is 25.9 Å². The highest BCUT2D eigenvalue weighted by molar-refractivity contribution is 7.86. The molecule has 0 aliphatic carbocycles. The van der Waals surface area contributed by atoms with E-state index in [0.29, 0.717) is 29.6 Å². The number of nitrogens with zero attached hydrogens (tertiary/aromatic N) is 2. The summed E-state index contributed by atoms with van der Waals surface area (Å²) in [6.07, 6.45) is 4.77. The lowest BCUT2D eigenvalue weighted by Gasteiger charge is -2.20. The van der Waals surface area contributed by atoms with Gasteiger partial charge in [-0.25, -0.2) is 8.42 Å². The number of rotatable bonds is 14. The van der Waals surface area contributed by atoms with Gasteiger partial charge >= 0.3 is 0 Å². The molecule has 4 aromatic rings. The van der Waals surface area contributed by atoms with E-state index in [2.05, 4.69) is 0 Å². The lowest BCUT2D eigenvalue weighted by Crippen LogP contribution is -2.36. The molecular formula is C34H38N2O9S3. The fraction of sp³-hybridized carbons (Fsp3) is 0.324. The molecule has 2 heterocycles. The zero-order valence-corrected chi connectivity index (χ0v) is 29.5. The van der Waals surface area contributed by atoms with Crippen LogP contribution in [0.1, 0.15) is 38.1 Å². The molecule has 0 fully saturated rings. The molecule has 0 saturated carbocycles. The topological polar surface area (TPSA) is 146 Å². The van der Waals surface area contributed by atoms with Gasteiger partial charge in [0, 0.05) is 36.9 Å². The van der Waals surface area contributed by atoms with Crippen LogP contribution in [0.5, 0.6) is 17.2 Å². The van der Waals surface area contributed by atoms with Crippen LogP contribution in [0.25, 0.3) is 27.4 Å². The molecule has 1 atom stereocenters. The van der Waals surface area contributed by atoms with Crippen molar-refractivity contribution in [2.75, 3.05) is 31.4 Å². The number of anilines is 1. The fourth-order valence-electron chi connectivity index (χ4n) is 5.44. The number of aryl methyl sites for hydroxylation is 1. The molecule has 0 saturated heterocycles. The van der Waals surface area contributed by atoms with Crippen LogP contribution in [-0.4, -0.2) is 57.7 Å². The van der Waals surface area contributed by atoms with Gasteiger partial charge in [0.05, 0.1) is 41.3 Å². The van der Waals surface area contributed by atoms with Gasteiger partial charge in [-0.15, -0.1) is 0 Å². The Kier molecular flexibility index (Phi) is 10.8. The molecule has 1 unspecified atom stereocenters. The lowest BCUT2D eigenvalue weighted by molar-refractivity contribution is -0.668. The summed E-state index contributed by atoms with van der Waals surface area (Å²) in [5.74, 6) is 1.69. The van der Waals surface area contributed by atoms with E-state index >= 15 is 0 Å². The van der Waals surface area contributed by atoms with Gasteiger partial charge in [-0.1, -0.05) is 54.7 Å². The van der Waals surface area contributed by atoms with Crippen LogP contribution in [0.2, 0.25) is 0 Å². The number of ether oxygens (including phenoxy) is 3. The van der Waals surface area contributed by atoms with Crippen LogP contribution in [0, 0.1) is 0 Å². The predicted octanol–water partition coefficient (Wildman–Crippen LogP) is 6.01. The largest absolute Gasteiger partial charge is 0.748 e. The molecule has 0 amide bonds. The second-order valence-corrected chi connectivity index (χ2v) is 15.8. The van der Waals surface area contributed by atoms with Crippen molar-refractivity contribution in [2.24, 2.45) is 0 Å². The molecule has 0 radical (unpaired) electrons. The Morgan fingerprint density at radius 1 is 1.04 bits per heavy atom. The maximum absolute atomic E-state index is 11.9. The Labute approximate surface area is 285 Å². The van der Waals surface area contributed by atoms with Crippen molar-refractivity contribution < 1.29 is 44.7 Å². The third kappa shape index (κ3) is 8.18. The third-order valence-electron chi connectivity index (χ3n) is 8.14. The second kappa shape index (κ2) is 14.7. The molecule has 0 bridgehead atoms. The molecule has 3 aromatic carbocycles. The number of fused-ring (bicyclic) bond motifs is 2. The smallest absolute Gasteiger partial charge is 0.267 e. The molecule has 1 aliphatic rings. The van der Waals surface area contributed by atoms with E-state index in [1.54, 1.807) is 7.11 Å². The van der Waals surface area contributed by atoms with Gasteiger partial charge in [-0.3, -0.25) is 4.55 Å². The minimum absolute atomic E-state index is 0.127. The summed E-state index contributed by atoms with van der Waals surface area (Å²) in [6.45, 7) is 4.01. The summed E-state index contributed by atoms with van der Waals surface area (Å²) in [4.78, 5) is 1.92. The highest BCUT2D eigenvalue weighted by Crippen LogP contribution is 2.42. The minimum Gasteiger partial charge on any atom is -0.748 e. The Morgan fingerprint density at radius 2 is 1.75 bits per heavy atom. The average molecular weight is 715 g/mol. The molecule has 1 N–H and O–H groups in total. The van der Waals surface area contributed by atoms with Crippen LogP contribution in [0.4, 0.5) is 5.69 Å². The number of methoxy groups -OCH3 is 2. The highest BCUT2D eigenvalue weighted by Gasteiger charge is 2.29. The number of hydrogen-bond acceptors (Lipinski definition) is 10. The predicted molar refractivity (Wildman–Crippen MR) is 186 cm³/mol. The molecule has 1 aliphatic heterocycles. The summed E-state index contributed by atoms with van der Waals surface area (Å²) in [7, 11) is -5.53. The van der Waals surface area contributed by atoms with Crippen LogP contribution in [0.3, 0.4) is 0 Å². The van der Waals surface area contributed by atoms with E-state index in [0.717, 1.165) is 37.6 Å². The quantitative estimate of drug-likeness (QED) is 0.122. The first kappa shape index (κ1) is 35.4. The summed E-state index contributed by atoms with van der Waals surface area (Å²) < 4.78 is 87.8. The van der Waals surface area contributed by atoms with Gasteiger partial charge in [0.1, 0.15) is 4.70 Å². The first-order valence-corrected chi connectivity index (χ1v) is 19.3. The number of thiazole rings is 1. The fourth-order valence-corrected chi connectivity index (χ4v) is 7.50. The van der Waals surface area contributed by atoms with Crippen molar-refractivity contribution in [2.45, 2.75) is 44.9 Å². The molecule has 0 spiro atoms. The van der Waals surface area contributed by atoms with E-state index < -0.39 is 31.2 Å². The second-order valence-electron chi connectivity index (χ2n) is 11.4. The molecule has 48 heavy (non-hydrogen) atoms. The molecule has 256 valence electrons. The normalized spacial score (nSPS) is 15.1. The highest BCUT2D eigenvalue weighted by atomic mass is 32.2. The third-order valence-corrected chi connectivity index (χ3v) is 11.3. The van der Waals surface area contributed by atoms with Gasteiger partial charge in [0.25, 0.3) is 15.1 Å². The Balaban J connectivity index is 1.57. The number of allylic oxidation sites excluding steroid dienone is 2. The maximum Gasteiger partial charge on any atom is 0.267 e. The van der Waals surface area contributed by atoms with Crippen molar-refractivity contribution in [3.63, 3.8) is 0 Å². The molecule has 14 heteroatoms. The monoisotopic (exact) mass is 714 g/mol. The zero-order chi connectivity index (χ0) is 34.6. The van der Waals surface area contributed by atoms with E-state index in [-0.39, 0.29) is 25.9 Å². The summed E-state index contributed by atoms with van der Waals surface area (Å²) in [6, 6.07) is 19.4. The summed E-state index contributed by atoms with van der Waals surface area (Å²) in [5, 5.41) is -0.170. The standard InChI is InChI=1S/C34H38N2O9S3/c1-5-24(19-34-36(15-9-17-47(37,38)39)28-21-30(43-3)31(44-4)22-32(28)46-34)18-33-35(16-14-23(2)48(40,41)42)27-20-26(12-13-29(27)45-33)25-10-7-6-8-11-25/h6-8,10-13,18-23H,5,9,14-17H2,1-4H3,(H-,37,38,39,40,41,42). The van der Waals surface area contributed by atoms with Gasteiger partial charge < -0.3 is 23.7 Å². The van der Waals surface area contributed by atoms with Crippen LogP contribution >= 0.6 is 11.3 Å². The Morgan fingerprint density at radius 3 is 2.40 bits per heavy atom. The molecular weight excluding hydrogens is 677 g/mol. The lowest BCUT2D eigenvalue weighted by atomic mass is 10.0. The SMILES string of the molecule is CCC(/C=C1\Oc2ccc(-c3ccccc3)cc2N1CCC(C)S(=O)(=O)O)=C\c1sc2cc(OC)c(OC)cc2[n+]1CCCS(=O)(=O)[O-]. The van der Waals surface area contributed by atoms with Gasteiger partial charge in [-0.05, 0) is 48.6 Å². The van der Waals surface area contributed by atoms with Crippen molar-refractivity contribution in [3.8, 4) is 28.4 Å².